The average Bonchev–Trinajstić information content (AvgIpc) is 2.86. The Hall–Kier alpha value is -1.53. The number of hydrogen-bond donors (Lipinski definition) is 1. The first kappa shape index (κ1) is 11.6. The van der Waals surface area contributed by atoms with E-state index in [0.29, 0.717) is 5.82 Å². The van der Waals surface area contributed by atoms with Crippen molar-refractivity contribution in [1.82, 2.24) is 14.3 Å². The first-order valence-corrected chi connectivity index (χ1v) is 6.91. The van der Waals surface area contributed by atoms with Crippen LogP contribution in [-0.2, 0) is 0 Å². The van der Waals surface area contributed by atoms with Gasteiger partial charge in [0.25, 0.3) is 0 Å². The van der Waals surface area contributed by atoms with Crippen LogP contribution in [0, 0.1) is 0 Å². The summed E-state index contributed by atoms with van der Waals surface area (Å²) in [7, 11) is 1.83. The van der Waals surface area contributed by atoms with Crippen molar-refractivity contribution >= 4 is 43.5 Å². The fraction of sp³-hybridized carbons (Fsp3) is 0.0833. The Morgan fingerprint density at radius 3 is 2.83 bits per heavy atom. The summed E-state index contributed by atoms with van der Waals surface area (Å²) in [5.41, 5.74) is 1.71. The van der Waals surface area contributed by atoms with Crippen molar-refractivity contribution in [2.75, 3.05) is 12.4 Å². The van der Waals surface area contributed by atoms with Crippen LogP contribution < -0.4 is 5.32 Å². The number of aromatic nitrogens is 3. The molecule has 3 rings (SSSR count). The molecule has 18 heavy (non-hydrogen) atoms. The molecule has 0 saturated carbocycles. The Morgan fingerprint density at radius 1 is 1.22 bits per heavy atom. The van der Waals surface area contributed by atoms with Crippen LogP contribution in [-0.4, -0.2) is 21.4 Å². The highest BCUT2D eigenvalue weighted by Gasteiger charge is 2.12. The van der Waals surface area contributed by atoms with Crippen molar-refractivity contribution in [3.8, 4) is 11.5 Å². The lowest BCUT2D eigenvalue weighted by molar-refractivity contribution is 1.24. The molecule has 0 aliphatic heterocycles. The molecule has 0 aliphatic carbocycles. The molecule has 0 unspecified atom stereocenters. The Morgan fingerprint density at radius 2 is 2.06 bits per heavy atom. The third-order valence-electron chi connectivity index (χ3n) is 2.53. The molecule has 0 saturated heterocycles. The molecule has 2 aromatic heterocycles. The molecular formula is C12H9BrN4S. The van der Waals surface area contributed by atoms with E-state index < -0.39 is 0 Å². The summed E-state index contributed by atoms with van der Waals surface area (Å²) in [6.45, 7) is 0. The van der Waals surface area contributed by atoms with Crippen molar-refractivity contribution in [2.24, 2.45) is 0 Å². The molecule has 0 aliphatic rings. The zero-order valence-corrected chi connectivity index (χ0v) is 11.9. The van der Waals surface area contributed by atoms with Gasteiger partial charge in [0.05, 0.1) is 5.52 Å². The minimum atomic E-state index is 0.641. The van der Waals surface area contributed by atoms with Gasteiger partial charge in [0, 0.05) is 28.4 Å². The Kier molecular flexibility index (Phi) is 2.97. The van der Waals surface area contributed by atoms with Gasteiger partial charge in [-0.2, -0.15) is 9.36 Å². The van der Waals surface area contributed by atoms with Crippen LogP contribution in [0.2, 0.25) is 0 Å². The van der Waals surface area contributed by atoms with Gasteiger partial charge in [-0.3, -0.25) is 0 Å². The van der Waals surface area contributed by atoms with Crippen molar-refractivity contribution < 1.29 is 0 Å². The van der Waals surface area contributed by atoms with E-state index in [2.05, 4.69) is 35.6 Å². The van der Waals surface area contributed by atoms with E-state index in [4.69, 9.17) is 0 Å². The molecule has 1 aromatic carbocycles. The summed E-state index contributed by atoms with van der Waals surface area (Å²) in [5.74, 6) is 0.641. The van der Waals surface area contributed by atoms with E-state index >= 15 is 0 Å². The second-order valence-corrected chi connectivity index (χ2v) is 5.29. The van der Waals surface area contributed by atoms with Gasteiger partial charge < -0.3 is 5.32 Å². The molecule has 0 atom stereocenters. The maximum absolute atomic E-state index is 4.60. The minimum absolute atomic E-state index is 0.641. The van der Waals surface area contributed by atoms with Crippen LogP contribution >= 0.6 is 27.5 Å². The molecule has 4 nitrogen and oxygen atoms in total. The lowest BCUT2D eigenvalue weighted by Gasteiger charge is -2.02. The molecule has 90 valence electrons. The molecule has 0 amide bonds. The van der Waals surface area contributed by atoms with E-state index in [0.717, 1.165) is 26.2 Å². The number of para-hydroxylation sites is 1. The van der Waals surface area contributed by atoms with Crippen molar-refractivity contribution in [3.63, 3.8) is 0 Å². The molecular weight excluding hydrogens is 312 g/mol. The normalized spacial score (nSPS) is 10.8. The monoisotopic (exact) mass is 320 g/mol. The maximum atomic E-state index is 4.60. The SMILES string of the molecule is CNc1nc(-c2nc3ccccc3cc2Br)ns1. The molecule has 6 heteroatoms. The summed E-state index contributed by atoms with van der Waals surface area (Å²) >= 11 is 4.85. The number of anilines is 1. The fourth-order valence-electron chi connectivity index (χ4n) is 1.67. The van der Waals surface area contributed by atoms with Gasteiger partial charge >= 0.3 is 0 Å². The predicted molar refractivity (Wildman–Crippen MR) is 77.9 cm³/mol. The third kappa shape index (κ3) is 1.97. The van der Waals surface area contributed by atoms with Crippen LogP contribution in [0.3, 0.4) is 0 Å². The predicted octanol–water partition coefficient (Wildman–Crippen LogP) is 3.56. The standard InChI is InChI=1S/C12H9BrN4S/c1-14-12-16-11(17-18-12)10-8(13)6-7-4-2-3-5-9(7)15-10/h2-6H,1H3,(H,14,16,17). The largest absolute Gasteiger partial charge is 0.363 e. The van der Waals surface area contributed by atoms with Gasteiger partial charge in [-0.15, -0.1) is 0 Å². The number of halogens is 1. The van der Waals surface area contributed by atoms with E-state index in [9.17, 15) is 0 Å². The molecule has 0 fully saturated rings. The topological polar surface area (TPSA) is 50.7 Å². The van der Waals surface area contributed by atoms with Crippen molar-refractivity contribution in [1.29, 1.82) is 0 Å². The number of pyridine rings is 1. The summed E-state index contributed by atoms with van der Waals surface area (Å²) < 4.78 is 5.20. The second kappa shape index (κ2) is 4.62. The molecule has 0 bridgehead atoms. The van der Waals surface area contributed by atoms with Gasteiger partial charge in [0.15, 0.2) is 5.82 Å². The van der Waals surface area contributed by atoms with Crippen molar-refractivity contribution in [3.05, 3.63) is 34.8 Å². The highest BCUT2D eigenvalue weighted by molar-refractivity contribution is 9.10. The van der Waals surface area contributed by atoms with E-state index in [1.807, 2.05) is 37.4 Å². The number of nitrogens with zero attached hydrogens (tertiary/aromatic N) is 3. The lowest BCUT2D eigenvalue weighted by Crippen LogP contribution is -1.90. The number of fused-ring (bicyclic) bond motifs is 1. The summed E-state index contributed by atoms with van der Waals surface area (Å²) in [6.07, 6.45) is 0. The van der Waals surface area contributed by atoms with Gasteiger partial charge in [-0.1, -0.05) is 18.2 Å². The van der Waals surface area contributed by atoms with Crippen LogP contribution in [0.15, 0.2) is 34.8 Å². The van der Waals surface area contributed by atoms with Crippen LogP contribution in [0.5, 0.6) is 0 Å². The lowest BCUT2D eigenvalue weighted by atomic mass is 10.2. The number of benzene rings is 1. The van der Waals surface area contributed by atoms with Gasteiger partial charge in [-0.05, 0) is 28.1 Å². The summed E-state index contributed by atoms with van der Waals surface area (Å²) in [6, 6.07) is 10.0. The number of rotatable bonds is 2. The summed E-state index contributed by atoms with van der Waals surface area (Å²) in [4.78, 5) is 8.97. The zero-order valence-electron chi connectivity index (χ0n) is 9.51. The molecule has 0 spiro atoms. The number of hydrogen-bond acceptors (Lipinski definition) is 5. The van der Waals surface area contributed by atoms with Crippen molar-refractivity contribution in [2.45, 2.75) is 0 Å². The fourth-order valence-corrected chi connectivity index (χ4v) is 2.70. The minimum Gasteiger partial charge on any atom is -0.363 e. The van der Waals surface area contributed by atoms with Gasteiger partial charge in [-0.25, -0.2) is 4.98 Å². The summed E-state index contributed by atoms with van der Waals surface area (Å²) in [5, 5.41) is 4.85. The highest BCUT2D eigenvalue weighted by atomic mass is 79.9. The van der Waals surface area contributed by atoms with Gasteiger partial charge in [0.2, 0.25) is 5.13 Å². The molecule has 3 aromatic rings. The van der Waals surface area contributed by atoms with Crippen LogP contribution in [0.25, 0.3) is 22.4 Å². The Balaban J connectivity index is 2.19. The third-order valence-corrected chi connectivity index (χ3v) is 3.87. The zero-order chi connectivity index (χ0) is 12.5. The second-order valence-electron chi connectivity index (χ2n) is 3.68. The van der Waals surface area contributed by atoms with E-state index in [1.54, 1.807) is 0 Å². The first-order chi connectivity index (χ1) is 8.78. The van der Waals surface area contributed by atoms with E-state index in [-0.39, 0.29) is 0 Å². The molecule has 0 radical (unpaired) electrons. The Bertz CT molecular complexity index is 710. The van der Waals surface area contributed by atoms with Crippen LogP contribution in [0.4, 0.5) is 5.13 Å². The molecule has 2 heterocycles. The first-order valence-electron chi connectivity index (χ1n) is 5.35. The Labute approximate surface area is 116 Å². The van der Waals surface area contributed by atoms with Gasteiger partial charge in [0.1, 0.15) is 5.69 Å². The van der Waals surface area contributed by atoms with Crippen LogP contribution in [0.1, 0.15) is 0 Å². The average molecular weight is 321 g/mol. The quantitative estimate of drug-likeness (QED) is 0.784. The highest BCUT2D eigenvalue weighted by Crippen LogP contribution is 2.29. The van der Waals surface area contributed by atoms with E-state index in [1.165, 1.54) is 11.5 Å². The maximum Gasteiger partial charge on any atom is 0.202 e. The number of nitrogens with one attached hydrogen (secondary N) is 1. The molecule has 1 N–H and O–H groups in total. The smallest absolute Gasteiger partial charge is 0.202 e.